The Bertz CT molecular complexity index is 596. The van der Waals surface area contributed by atoms with Crippen LogP contribution in [0.4, 0.5) is 4.39 Å². The molecule has 0 atom stereocenters. The van der Waals surface area contributed by atoms with Gasteiger partial charge in [-0.1, -0.05) is 17.7 Å². The maximum Gasteiger partial charge on any atom is 0.147 e. The van der Waals surface area contributed by atoms with Crippen LogP contribution < -0.4 is 5.73 Å². The first-order valence-corrected chi connectivity index (χ1v) is 6.79. The lowest BCUT2D eigenvalue weighted by Gasteiger charge is -2.25. The van der Waals surface area contributed by atoms with E-state index in [4.69, 9.17) is 17.3 Å². The fourth-order valence-electron chi connectivity index (χ4n) is 2.23. The summed E-state index contributed by atoms with van der Waals surface area (Å²) in [5.74, 6) is 1.00. The molecule has 1 aromatic heterocycles. The molecule has 0 spiro atoms. The zero-order valence-corrected chi connectivity index (χ0v) is 12.6. The molecule has 0 saturated carbocycles. The van der Waals surface area contributed by atoms with E-state index in [0.29, 0.717) is 22.2 Å². The highest BCUT2D eigenvalue weighted by Gasteiger charge is 2.23. The third-order valence-corrected chi connectivity index (χ3v) is 3.40. The minimum absolute atomic E-state index is 0.231. The maximum atomic E-state index is 13.9. The summed E-state index contributed by atoms with van der Waals surface area (Å²) in [6.07, 6.45) is 0.287. The van der Waals surface area contributed by atoms with Crippen LogP contribution in [-0.4, -0.2) is 14.8 Å². The molecule has 0 fully saturated rings. The summed E-state index contributed by atoms with van der Waals surface area (Å²) in [4.78, 5) is 0. The van der Waals surface area contributed by atoms with Crippen LogP contribution in [0.5, 0.6) is 0 Å². The van der Waals surface area contributed by atoms with Gasteiger partial charge in [-0.15, -0.1) is 10.2 Å². The van der Waals surface area contributed by atoms with Crippen molar-refractivity contribution in [2.24, 2.45) is 5.73 Å². The van der Waals surface area contributed by atoms with Crippen molar-refractivity contribution < 1.29 is 4.39 Å². The Morgan fingerprint density at radius 3 is 2.45 bits per heavy atom. The highest BCUT2D eigenvalue weighted by Crippen LogP contribution is 2.25. The molecule has 0 radical (unpaired) electrons. The second-order valence-electron chi connectivity index (χ2n) is 5.62. The third kappa shape index (κ3) is 2.83. The van der Waals surface area contributed by atoms with Gasteiger partial charge >= 0.3 is 0 Å². The summed E-state index contributed by atoms with van der Waals surface area (Å²) in [6, 6.07) is 4.64. The second-order valence-corrected chi connectivity index (χ2v) is 6.03. The van der Waals surface area contributed by atoms with Crippen LogP contribution in [0, 0.1) is 5.82 Å². The van der Waals surface area contributed by atoms with Crippen molar-refractivity contribution in [3.63, 3.8) is 0 Å². The Labute approximate surface area is 122 Å². The predicted octanol–water partition coefficient (Wildman–Crippen LogP) is 2.88. The lowest BCUT2D eigenvalue weighted by molar-refractivity contribution is 0.371. The van der Waals surface area contributed by atoms with Crippen molar-refractivity contribution in [1.82, 2.24) is 14.8 Å². The summed E-state index contributed by atoms with van der Waals surface area (Å²) < 4.78 is 15.8. The normalized spacial score (nSPS) is 11.9. The van der Waals surface area contributed by atoms with Crippen molar-refractivity contribution in [1.29, 1.82) is 0 Å². The molecule has 20 heavy (non-hydrogen) atoms. The zero-order chi connectivity index (χ0) is 14.9. The lowest BCUT2D eigenvalue weighted by atomic mass is 10.1. The van der Waals surface area contributed by atoms with Gasteiger partial charge in [-0.2, -0.15) is 0 Å². The van der Waals surface area contributed by atoms with Gasteiger partial charge in [-0.3, -0.25) is 0 Å². The number of benzene rings is 1. The molecule has 4 nitrogen and oxygen atoms in total. The average molecular weight is 297 g/mol. The van der Waals surface area contributed by atoms with Gasteiger partial charge in [-0.25, -0.2) is 4.39 Å². The lowest BCUT2D eigenvalue weighted by Crippen LogP contribution is -2.27. The van der Waals surface area contributed by atoms with E-state index in [0.717, 1.165) is 0 Å². The quantitative estimate of drug-likeness (QED) is 0.947. The first kappa shape index (κ1) is 14.9. The van der Waals surface area contributed by atoms with E-state index in [9.17, 15) is 4.39 Å². The number of halogens is 2. The van der Waals surface area contributed by atoms with Gasteiger partial charge in [0.2, 0.25) is 0 Å². The fourth-order valence-corrected chi connectivity index (χ4v) is 2.46. The minimum Gasteiger partial charge on any atom is -0.324 e. The van der Waals surface area contributed by atoms with Gasteiger partial charge in [0.15, 0.2) is 0 Å². The van der Waals surface area contributed by atoms with Crippen molar-refractivity contribution in [2.75, 3.05) is 0 Å². The van der Waals surface area contributed by atoms with Gasteiger partial charge in [0.05, 0.1) is 6.54 Å². The number of nitrogens with zero attached hydrogens (tertiary/aromatic N) is 3. The first-order chi connectivity index (χ1) is 9.34. The molecule has 1 aromatic carbocycles. The Morgan fingerprint density at radius 1 is 1.25 bits per heavy atom. The SMILES string of the molecule is CC(C)(C)n1c(CN)nnc1Cc1c(F)cccc1Cl. The molecule has 0 bridgehead atoms. The number of rotatable bonds is 3. The van der Waals surface area contributed by atoms with Crippen LogP contribution in [0.15, 0.2) is 18.2 Å². The molecule has 0 aliphatic rings. The molecule has 1 heterocycles. The third-order valence-electron chi connectivity index (χ3n) is 3.05. The van der Waals surface area contributed by atoms with E-state index in [-0.39, 0.29) is 24.3 Å². The van der Waals surface area contributed by atoms with Crippen LogP contribution in [0.3, 0.4) is 0 Å². The minimum atomic E-state index is -0.338. The number of aromatic nitrogens is 3. The standard InChI is InChI=1S/C14H18ClFN4/c1-14(2,3)20-12(18-19-13(20)8-17)7-9-10(15)5-4-6-11(9)16/h4-6H,7-8,17H2,1-3H3. The van der Waals surface area contributed by atoms with Crippen LogP contribution in [0.1, 0.15) is 38.0 Å². The molecule has 2 aromatic rings. The highest BCUT2D eigenvalue weighted by atomic mass is 35.5. The summed E-state index contributed by atoms with van der Waals surface area (Å²) in [7, 11) is 0. The number of nitrogens with two attached hydrogens (primary N) is 1. The van der Waals surface area contributed by atoms with Gasteiger partial charge < -0.3 is 10.3 Å². The molecule has 0 unspecified atom stereocenters. The summed E-state index contributed by atoms with van der Waals surface area (Å²) >= 11 is 6.06. The van der Waals surface area contributed by atoms with Crippen molar-refractivity contribution in [3.05, 3.63) is 46.3 Å². The van der Waals surface area contributed by atoms with Gasteiger partial charge in [0.25, 0.3) is 0 Å². The predicted molar refractivity (Wildman–Crippen MR) is 77.1 cm³/mol. The Balaban J connectivity index is 2.47. The van der Waals surface area contributed by atoms with Crippen LogP contribution >= 0.6 is 11.6 Å². The molecule has 108 valence electrons. The van der Waals surface area contributed by atoms with Crippen molar-refractivity contribution >= 4 is 11.6 Å². The van der Waals surface area contributed by atoms with E-state index in [2.05, 4.69) is 10.2 Å². The topological polar surface area (TPSA) is 56.7 Å². The molecule has 2 N–H and O–H groups in total. The Morgan fingerprint density at radius 2 is 1.90 bits per heavy atom. The zero-order valence-electron chi connectivity index (χ0n) is 11.8. The molecule has 0 amide bonds. The van der Waals surface area contributed by atoms with E-state index in [1.165, 1.54) is 6.07 Å². The second kappa shape index (κ2) is 5.50. The summed E-state index contributed by atoms with van der Waals surface area (Å²) in [5.41, 5.74) is 5.89. The van der Waals surface area contributed by atoms with Crippen molar-refractivity contribution in [2.45, 2.75) is 39.3 Å². The monoisotopic (exact) mass is 296 g/mol. The largest absolute Gasteiger partial charge is 0.324 e. The molecular weight excluding hydrogens is 279 g/mol. The molecule has 2 rings (SSSR count). The Kier molecular flexibility index (Phi) is 4.11. The van der Waals surface area contributed by atoms with E-state index < -0.39 is 0 Å². The van der Waals surface area contributed by atoms with Gasteiger partial charge in [-0.05, 0) is 32.9 Å². The highest BCUT2D eigenvalue weighted by molar-refractivity contribution is 6.31. The van der Waals surface area contributed by atoms with Crippen LogP contribution in [-0.2, 0) is 18.5 Å². The van der Waals surface area contributed by atoms with Gasteiger partial charge in [0, 0.05) is 22.5 Å². The van der Waals surface area contributed by atoms with E-state index in [1.54, 1.807) is 12.1 Å². The van der Waals surface area contributed by atoms with E-state index >= 15 is 0 Å². The molecule has 0 saturated heterocycles. The fraction of sp³-hybridized carbons (Fsp3) is 0.429. The first-order valence-electron chi connectivity index (χ1n) is 6.41. The number of hydrogen-bond acceptors (Lipinski definition) is 3. The maximum absolute atomic E-state index is 13.9. The molecular formula is C14H18ClFN4. The Hall–Kier alpha value is -1.46. The van der Waals surface area contributed by atoms with E-state index in [1.807, 2.05) is 25.3 Å². The van der Waals surface area contributed by atoms with Gasteiger partial charge in [0.1, 0.15) is 17.5 Å². The molecule has 0 aliphatic heterocycles. The average Bonchev–Trinajstić information content (AvgIpc) is 2.76. The molecule has 6 heteroatoms. The molecule has 0 aliphatic carbocycles. The van der Waals surface area contributed by atoms with Crippen LogP contribution in [0.2, 0.25) is 5.02 Å². The van der Waals surface area contributed by atoms with Crippen LogP contribution in [0.25, 0.3) is 0 Å². The van der Waals surface area contributed by atoms with Crippen molar-refractivity contribution in [3.8, 4) is 0 Å². The summed E-state index contributed by atoms with van der Waals surface area (Å²) in [5, 5.41) is 8.61. The summed E-state index contributed by atoms with van der Waals surface area (Å²) in [6.45, 7) is 6.38. The smallest absolute Gasteiger partial charge is 0.147 e. The number of hydrogen-bond donors (Lipinski definition) is 1.